The smallest absolute Gasteiger partial charge is 0.0458 e. The molecule has 0 N–H and O–H groups in total. The van der Waals surface area contributed by atoms with Crippen molar-refractivity contribution in [1.82, 2.24) is 0 Å². The van der Waals surface area contributed by atoms with E-state index < -0.39 is 0 Å². The molecule has 0 heterocycles. The molecule has 108 valence electrons. The van der Waals surface area contributed by atoms with Crippen LogP contribution in [-0.2, 0) is 0 Å². The van der Waals surface area contributed by atoms with Crippen molar-refractivity contribution in [2.45, 2.75) is 13.8 Å². The number of hydrogen-bond donors (Lipinski definition) is 0. The number of allylic oxidation sites excluding steroid dienone is 9. The van der Waals surface area contributed by atoms with E-state index in [2.05, 4.69) is 55.3 Å². The highest BCUT2D eigenvalue weighted by Gasteiger charge is 2.10. The second-order valence-electron chi connectivity index (χ2n) is 4.41. The van der Waals surface area contributed by atoms with E-state index in [4.69, 9.17) is 0 Å². The molecule has 0 saturated carbocycles. The van der Waals surface area contributed by atoms with Gasteiger partial charge in [-0.15, -0.1) is 0 Å². The summed E-state index contributed by atoms with van der Waals surface area (Å²) in [6, 6.07) is 10.3. The Kier molecular flexibility index (Phi) is 7.37. The van der Waals surface area contributed by atoms with Gasteiger partial charge in [-0.2, -0.15) is 0 Å². The van der Waals surface area contributed by atoms with Crippen molar-refractivity contribution in [2.75, 3.05) is 4.90 Å². The van der Waals surface area contributed by atoms with Gasteiger partial charge in [0.05, 0.1) is 0 Å². The van der Waals surface area contributed by atoms with Crippen LogP contribution < -0.4 is 4.90 Å². The van der Waals surface area contributed by atoms with Gasteiger partial charge in [0.2, 0.25) is 0 Å². The lowest BCUT2D eigenvalue weighted by Crippen LogP contribution is -2.19. The highest BCUT2D eigenvalue weighted by Crippen LogP contribution is 2.24. The molecule has 1 aromatic rings. The summed E-state index contributed by atoms with van der Waals surface area (Å²) in [6.45, 7) is 11.5. The predicted molar refractivity (Wildman–Crippen MR) is 95.1 cm³/mol. The van der Waals surface area contributed by atoms with Gasteiger partial charge in [0, 0.05) is 17.1 Å². The molecule has 1 heteroatoms. The molecule has 0 aliphatic carbocycles. The first-order valence-electron chi connectivity index (χ1n) is 7.01. The van der Waals surface area contributed by atoms with E-state index in [9.17, 15) is 0 Å². The number of hydrogen-bond acceptors (Lipinski definition) is 1. The summed E-state index contributed by atoms with van der Waals surface area (Å²) in [5.74, 6) is 0. The van der Waals surface area contributed by atoms with Crippen molar-refractivity contribution < 1.29 is 0 Å². The van der Waals surface area contributed by atoms with Gasteiger partial charge in [0.1, 0.15) is 0 Å². The summed E-state index contributed by atoms with van der Waals surface area (Å²) >= 11 is 0. The van der Waals surface area contributed by atoms with Crippen LogP contribution in [0, 0.1) is 0 Å². The molecule has 0 atom stereocenters. The Balaban J connectivity index is 3.26. The van der Waals surface area contributed by atoms with E-state index in [0.717, 1.165) is 17.1 Å². The summed E-state index contributed by atoms with van der Waals surface area (Å²) in [7, 11) is 0. The molecular weight excluding hydrogens is 254 g/mol. The second kappa shape index (κ2) is 9.38. The molecule has 0 unspecified atom stereocenters. The third-order valence-corrected chi connectivity index (χ3v) is 2.91. The van der Waals surface area contributed by atoms with E-state index >= 15 is 0 Å². The van der Waals surface area contributed by atoms with E-state index in [-0.39, 0.29) is 0 Å². The molecule has 0 saturated heterocycles. The lowest BCUT2D eigenvalue weighted by atomic mass is 10.2. The van der Waals surface area contributed by atoms with Crippen LogP contribution in [0.5, 0.6) is 0 Å². The van der Waals surface area contributed by atoms with Crippen molar-refractivity contribution in [3.05, 3.63) is 103 Å². The standard InChI is InChI=1S/C20H23N/c1-5-8-11-14-18(4)21(19(7-3)15-9-6-2)20-16-12-10-13-17-20/h5-17H,1-2H2,3-4H3/b11-8-,15-9-,18-14+,19-7+. The average molecular weight is 277 g/mol. The Labute approximate surface area is 128 Å². The fraction of sp³-hybridized carbons (Fsp3) is 0.100. The topological polar surface area (TPSA) is 3.24 Å². The lowest BCUT2D eigenvalue weighted by molar-refractivity contribution is 1.09. The van der Waals surface area contributed by atoms with Crippen LogP contribution in [-0.4, -0.2) is 0 Å². The van der Waals surface area contributed by atoms with Gasteiger partial charge in [-0.25, -0.2) is 0 Å². The zero-order chi connectivity index (χ0) is 15.5. The zero-order valence-corrected chi connectivity index (χ0v) is 12.9. The zero-order valence-electron chi connectivity index (χ0n) is 12.9. The SMILES string of the molecule is C=C/C=C\C=C(/C)N(C(/C=C\C=C)=C/C)c1ccccc1. The van der Waals surface area contributed by atoms with Crippen LogP contribution in [0.3, 0.4) is 0 Å². The molecule has 0 spiro atoms. The average Bonchev–Trinajstić information content (AvgIpc) is 2.52. The summed E-state index contributed by atoms with van der Waals surface area (Å²) < 4.78 is 0. The third kappa shape index (κ3) is 5.15. The molecule has 21 heavy (non-hydrogen) atoms. The monoisotopic (exact) mass is 277 g/mol. The van der Waals surface area contributed by atoms with E-state index in [1.807, 2.05) is 43.4 Å². The molecule has 0 bridgehead atoms. The maximum absolute atomic E-state index is 3.74. The molecule has 1 aromatic carbocycles. The number of para-hydroxylation sites is 1. The molecule has 0 aliphatic heterocycles. The summed E-state index contributed by atoms with van der Waals surface area (Å²) in [4.78, 5) is 2.20. The van der Waals surface area contributed by atoms with Crippen molar-refractivity contribution in [1.29, 1.82) is 0 Å². The minimum Gasteiger partial charge on any atom is -0.315 e. The number of nitrogens with zero attached hydrogens (tertiary/aromatic N) is 1. The highest BCUT2D eigenvalue weighted by molar-refractivity contribution is 5.60. The molecule has 0 aromatic heterocycles. The summed E-state index contributed by atoms with van der Waals surface area (Å²) in [5, 5.41) is 0. The van der Waals surface area contributed by atoms with E-state index in [1.54, 1.807) is 12.2 Å². The third-order valence-electron chi connectivity index (χ3n) is 2.91. The largest absolute Gasteiger partial charge is 0.315 e. The van der Waals surface area contributed by atoms with Crippen LogP contribution in [0.2, 0.25) is 0 Å². The molecular formula is C20H23N. The Morgan fingerprint density at radius 2 is 1.67 bits per heavy atom. The molecule has 1 nitrogen and oxygen atoms in total. The Bertz CT molecular complexity index is 571. The van der Waals surface area contributed by atoms with Gasteiger partial charge in [0.25, 0.3) is 0 Å². The maximum atomic E-state index is 3.74. The van der Waals surface area contributed by atoms with Crippen molar-refractivity contribution in [3.63, 3.8) is 0 Å². The van der Waals surface area contributed by atoms with Gasteiger partial charge in [-0.05, 0) is 38.1 Å². The molecule has 0 aliphatic rings. The Morgan fingerprint density at radius 3 is 2.24 bits per heavy atom. The van der Waals surface area contributed by atoms with Crippen molar-refractivity contribution in [3.8, 4) is 0 Å². The van der Waals surface area contributed by atoms with Crippen molar-refractivity contribution >= 4 is 5.69 Å². The minimum atomic E-state index is 1.10. The van der Waals surface area contributed by atoms with E-state index in [1.165, 1.54) is 0 Å². The second-order valence-corrected chi connectivity index (χ2v) is 4.41. The van der Waals surface area contributed by atoms with Crippen LogP contribution >= 0.6 is 0 Å². The van der Waals surface area contributed by atoms with Gasteiger partial charge in [0.15, 0.2) is 0 Å². The first-order valence-corrected chi connectivity index (χ1v) is 7.01. The number of benzene rings is 1. The predicted octanol–water partition coefficient (Wildman–Crippen LogP) is 5.79. The number of anilines is 1. The maximum Gasteiger partial charge on any atom is 0.0458 e. The van der Waals surface area contributed by atoms with Crippen LogP contribution in [0.25, 0.3) is 0 Å². The molecule has 0 amide bonds. The van der Waals surface area contributed by atoms with Gasteiger partial charge >= 0.3 is 0 Å². The minimum absolute atomic E-state index is 1.10. The van der Waals surface area contributed by atoms with Crippen molar-refractivity contribution in [2.24, 2.45) is 0 Å². The first-order chi connectivity index (χ1) is 10.2. The van der Waals surface area contributed by atoms with Crippen LogP contribution in [0.15, 0.2) is 103 Å². The van der Waals surface area contributed by atoms with Gasteiger partial charge in [-0.3, -0.25) is 0 Å². The Hall–Kier alpha value is -2.54. The summed E-state index contributed by atoms with van der Waals surface area (Å²) in [6.07, 6.45) is 15.6. The molecule has 0 radical (unpaired) electrons. The lowest BCUT2D eigenvalue weighted by Gasteiger charge is -2.26. The highest BCUT2D eigenvalue weighted by atomic mass is 15.1. The van der Waals surface area contributed by atoms with Crippen LogP contribution in [0.4, 0.5) is 5.69 Å². The molecule has 1 rings (SSSR count). The fourth-order valence-electron chi connectivity index (χ4n) is 1.95. The number of rotatable bonds is 7. The van der Waals surface area contributed by atoms with E-state index in [0.29, 0.717) is 0 Å². The fourth-order valence-corrected chi connectivity index (χ4v) is 1.95. The Morgan fingerprint density at radius 1 is 1.00 bits per heavy atom. The van der Waals surface area contributed by atoms with Gasteiger partial charge in [-0.1, -0.05) is 67.8 Å². The normalized spacial score (nSPS) is 12.9. The van der Waals surface area contributed by atoms with Gasteiger partial charge < -0.3 is 4.90 Å². The summed E-state index contributed by atoms with van der Waals surface area (Å²) in [5.41, 5.74) is 3.35. The quantitative estimate of drug-likeness (QED) is 0.570. The van der Waals surface area contributed by atoms with Crippen LogP contribution in [0.1, 0.15) is 13.8 Å². The molecule has 0 fully saturated rings. The first kappa shape index (κ1) is 16.5.